The van der Waals surface area contributed by atoms with Gasteiger partial charge in [0.1, 0.15) is 11.8 Å². The molecule has 1 atom stereocenters. The van der Waals surface area contributed by atoms with Crippen LogP contribution in [-0.2, 0) is 4.79 Å². The maximum Gasteiger partial charge on any atom is 0.325 e. The summed E-state index contributed by atoms with van der Waals surface area (Å²) >= 11 is 0. The molecule has 0 aliphatic carbocycles. The number of carboxylic acid groups (broad SMARTS) is 1. The molecular weight excluding hydrogens is 280 g/mol. The second-order valence-electron chi connectivity index (χ2n) is 5.59. The molecule has 1 heterocycles. The number of carbonyl (C=O) groups is 1. The zero-order chi connectivity index (χ0) is 15.9. The van der Waals surface area contributed by atoms with Gasteiger partial charge in [-0.2, -0.15) is 0 Å². The first-order chi connectivity index (χ1) is 10.7. The SMILES string of the molecule is CCCN1CCN(C(C(=O)O)c2ccccc2OCC)CC1. The predicted octanol–water partition coefficient (Wildman–Crippen LogP) is 2.24. The summed E-state index contributed by atoms with van der Waals surface area (Å²) in [5.41, 5.74) is 0.751. The van der Waals surface area contributed by atoms with Crippen molar-refractivity contribution in [3.8, 4) is 5.75 Å². The van der Waals surface area contributed by atoms with Gasteiger partial charge in [-0.1, -0.05) is 25.1 Å². The normalized spacial score (nSPS) is 18.1. The number of benzene rings is 1. The van der Waals surface area contributed by atoms with Crippen LogP contribution in [-0.4, -0.2) is 60.2 Å². The molecule has 1 aliphatic rings. The van der Waals surface area contributed by atoms with Crippen molar-refractivity contribution >= 4 is 5.97 Å². The van der Waals surface area contributed by atoms with Crippen LogP contribution in [0.3, 0.4) is 0 Å². The van der Waals surface area contributed by atoms with E-state index in [-0.39, 0.29) is 0 Å². The molecule has 5 heteroatoms. The number of piperazine rings is 1. The molecule has 2 rings (SSSR count). The Balaban J connectivity index is 2.16. The molecule has 0 saturated carbocycles. The third kappa shape index (κ3) is 3.99. The van der Waals surface area contributed by atoms with E-state index >= 15 is 0 Å². The minimum atomic E-state index is -0.809. The van der Waals surface area contributed by atoms with Crippen LogP contribution < -0.4 is 4.74 Å². The number of aliphatic carboxylic acids is 1. The highest BCUT2D eigenvalue weighted by Crippen LogP contribution is 2.30. The lowest BCUT2D eigenvalue weighted by Gasteiger charge is -2.38. The lowest BCUT2D eigenvalue weighted by Crippen LogP contribution is -2.49. The summed E-state index contributed by atoms with van der Waals surface area (Å²) in [5, 5.41) is 9.73. The van der Waals surface area contributed by atoms with Gasteiger partial charge < -0.3 is 14.7 Å². The summed E-state index contributed by atoms with van der Waals surface area (Å²) in [6.07, 6.45) is 1.13. The third-order valence-corrected chi connectivity index (χ3v) is 4.06. The Morgan fingerprint density at radius 2 is 1.91 bits per heavy atom. The molecule has 0 amide bonds. The second-order valence-corrected chi connectivity index (χ2v) is 5.59. The van der Waals surface area contributed by atoms with E-state index in [1.165, 1.54) is 0 Å². The van der Waals surface area contributed by atoms with E-state index in [2.05, 4.69) is 11.8 Å². The molecule has 22 heavy (non-hydrogen) atoms. The Morgan fingerprint density at radius 1 is 1.23 bits per heavy atom. The van der Waals surface area contributed by atoms with Gasteiger partial charge in [0.05, 0.1) is 6.61 Å². The van der Waals surface area contributed by atoms with Gasteiger partial charge in [-0.05, 0) is 26.0 Å². The number of hydrogen-bond donors (Lipinski definition) is 1. The quantitative estimate of drug-likeness (QED) is 0.837. The summed E-state index contributed by atoms with van der Waals surface area (Å²) < 4.78 is 5.62. The molecule has 1 N–H and O–H groups in total. The standard InChI is InChI=1S/C17H26N2O3/c1-3-9-18-10-12-19(13-11-18)16(17(20)21)14-7-5-6-8-15(14)22-4-2/h5-8,16H,3-4,9-13H2,1-2H3,(H,20,21). The molecule has 5 nitrogen and oxygen atoms in total. The maximum atomic E-state index is 11.9. The Kier molecular flexibility index (Phi) is 6.21. The predicted molar refractivity (Wildman–Crippen MR) is 86.3 cm³/mol. The van der Waals surface area contributed by atoms with Crippen molar-refractivity contribution in [3.63, 3.8) is 0 Å². The van der Waals surface area contributed by atoms with Crippen molar-refractivity contribution in [1.82, 2.24) is 9.80 Å². The highest BCUT2D eigenvalue weighted by molar-refractivity contribution is 5.76. The molecule has 0 aromatic heterocycles. The van der Waals surface area contributed by atoms with E-state index in [4.69, 9.17) is 4.74 Å². The molecule has 1 aromatic rings. The fraction of sp³-hybridized carbons (Fsp3) is 0.588. The monoisotopic (exact) mass is 306 g/mol. The first-order valence-corrected chi connectivity index (χ1v) is 8.08. The molecule has 1 unspecified atom stereocenters. The largest absolute Gasteiger partial charge is 0.494 e. The maximum absolute atomic E-state index is 11.9. The van der Waals surface area contributed by atoms with Gasteiger partial charge in [0.15, 0.2) is 0 Å². The summed E-state index contributed by atoms with van der Waals surface area (Å²) in [7, 11) is 0. The van der Waals surface area contributed by atoms with E-state index in [1.807, 2.05) is 36.1 Å². The number of rotatable bonds is 7. The van der Waals surface area contributed by atoms with Crippen molar-refractivity contribution in [2.45, 2.75) is 26.3 Å². The zero-order valence-electron chi connectivity index (χ0n) is 13.5. The number of para-hydroxylation sites is 1. The topological polar surface area (TPSA) is 53.0 Å². The Hall–Kier alpha value is -1.59. The molecule has 122 valence electrons. The minimum absolute atomic E-state index is 0.535. The first kappa shape index (κ1) is 16.8. The highest BCUT2D eigenvalue weighted by atomic mass is 16.5. The van der Waals surface area contributed by atoms with Gasteiger partial charge in [0.25, 0.3) is 0 Å². The van der Waals surface area contributed by atoms with Crippen LogP contribution in [0.15, 0.2) is 24.3 Å². The van der Waals surface area contributed by atoms with Gasteiger partial charge in [-0.25, -0.2) is 0 Å². The molecule has 1 saturated heterocycles. The molecule has 1 aromatic carbocycles. The van der Waals surface area contributed by atoms with E-state index in [9.17, 15) is 9.90 Å². The summed E-state index contributed by atoms with van der Waals surface area (Å²) in [5.74, 6) is -0.135. The molecule has 0 bridgehead atoms. The number of hydrogen-bond acceptors (Lipinski definition) is 4. The summed E-state index contributed by atoms with van der Waals surface area (Å²) in [6, 6.07) is 6.84. The highest BCUT2D eigenvalue weighted by Gasteiger charge is 2.32. The van der Waals surface area contributed by atoms with Crippen molar-refractivity contribution in [1.29, 1.82) is 0 Å². The van der Waals surface area contributed by atoms with Crippen LogP contribution in [0.1, 0.15) is 31.9 Å². The van der Waals surface area contributed by atoms with Crippen molar-refractivity contribution in [2.75, 3.05) is 39.3 Å². The molecule has 0 spiro atoms. The van der Waals surface area contributed by atoms with Gasteiger partial charge >= 0.3 is 5.97 Å². The van der Waals surface area contributed by atoms with E-state index in [0.29, 0.717) is 12.4 Å². The van der Waals surface area contributed by atoms with Gasteiger partial charge in [0, 0.05) is 31.7 Å². The van der Waals surface area contributed by atoms with Crippen LogP contribution in [0.5, 0.6) is 5.75 Å². The average Bonchev–Trinajstić information content (AvgIpc) is 2.51. The Labute approximate surface area is 132 Å². The van der Waals surface area contributed by atoms with Crippen molar-refractivity contribution in [3.05, 3.63) is 29.8 Å². The molecular formula is C17H26N2O3. The van der Waals surface area contributed by atoms with Gasteiger partial charge in [0.2, 0.25) is 0 Å². The average molecular weight is 306 g/mol. The van der Waals surface area contributed by atoms with Crippen LogP contribution in [0.2, 0.25) is 0 Å². The Bertz CT molecular complexity index is 485. The fourth-order valence-corrected chi connectivity index (χ4v) is 3.04. The molecule has 0 radical (unpaired) electrons. The van der Waals surface area contributed by atoms with E-state index < -0.39 is 12.0 Å². The summed E-state index contributed by atoms with van der Waals surface area (Å²) in [4.78, 5) is 16.3. The smallest absolute Gasteiger partial charge is 0.325 e. The van der Waals surface area contributed by atoms with Crippen molar-refractivity contribution < 1.29 is 14.6 Å². The second kappa shape index (κ2) is 8.15. The van der Waals surface area contributed by atoms with Crippen LogP contribution >= 0.6 is 0 Å². The Morgan fingerprint density at radius 3 is 2.50 bits per heavy atom. The van der Waals surface area contributed by atoms with Gasteiger partial charge in [-0.15, -0.1) is 0 Å². The van der Waals surface area contributed by atoms with Gasteiger partial charge in [-0.3, -0.25) is 9.69 Å². The lowest BCUT2D eigenvalue weighted by molar-refractivity contribution is -0.144. The van der Waals surface area contributed by atoms with Crippen LogP contribution in [0.4, 0.5) is 0 Å². The number of ether oxygens (including phenoxy) is 1. The molecule has 1 aliphatic heterocycles. The molecule has 1 fully saturated rings. The number of carboxylic acids is 1. The lowest BCUT2D eigenvalue weighted by atomic mass is 10.0. The van der Waals surface area contributed by atoms with Crippen molar-refractivity contribution in [2.24, 2.45) is 0 Å². The van der Waals surface area contributed by atoms with E-state index in [1.54, 1.807) is 0 Å². The van der Waals surface area contributed by atoms with Crippen LogP contribution in [0.25, 0.3) is 0 Å². The van der Waals surface area contributed by atoms with E-state index in [0.717, 1.165) is 44.7 Å². The fourth-order valence-electron chi connectivity index (χ4n) is 3.04. The van der Waals surface area contributed by atoms with Crippen LogP contribution in [0, 0.1) is 0 Å². The third-order valence-electron chi connectivity index (χ3n) is 4.06. The minimum Gasteiger partial charge on any atom is -0.494 e. The summed E-state index contributed by atoms with van der Waals surface area (Å²) in [6.45, 7) is 9.10. The number of nitrogens with zero attached hydrogens (tertiary/aromatic N) is 2. The zero-order valence-corrected chi connectivity index (χ0v) is 13.5. The first-order valence-electron chi connectivity index (χ1n) is 8.08.